The number of thioether (sulfide) groups is 1. The van der Waals surface area contributed by atoms with Crippen LogP contribution in [0, 0.1) is 0 Å². The van der Waals surface area contributed by atoms with Crippen LogP contribution in [0.3, 0.4) is 0 Å². The van der Waals surface area contributed by atoms with E-state index in [1.54, 1.807) is 30.3 Å². The Kier molecular flexibility index (Phi) is 20.3. The lowest BCUT2D eigenvalue weighted by Crippen LogP contribution is -2.66. The number of nitrogens with two attached hydrogens (primary N) is 1. The van der Waals surface area contributed by atoms with Crippen molar-refractivity contribution in [3.63, 3.8) is 0 Å². The minimum absolute atomic E-state index is 0.0183. The summed E-state index contributed by atoms with van der Waals surface area (Å²) in [5, 5.41) is 60.0. The molecule has 0 bridgehead atoms. The standard InChI is InChI=1S/C34H50N6O16S/c1-16(29(47)40-21(33(52)53)9-10-24(43)39-22(31(49)36-11-25(44)45)15-57-14-20(35)32(50)51)37-30(48)17(2)55-28-26(38-18(3)42)34(56-23(12-41)27(28)46)54-13-19-7-5-4-6-8-19/h4-8,16-17,20-23,26-28,34,41,46H,9-15,35H2,1-3H3,(H,36,49)(H,37,48)(H,38,42)(H,39,43)(H,40,47)(H,44,45)(H,50,51)(H,52,53)/t16-,17+,20-,21+,22+,23?,26?,27+,28?,34-/m0/s1. The number of carbonyl (C=O) groups is 8. The van der Waals surface area contributed by atoms with Crippen LogP contribution in [0.1, 0.15) is 39.2 Å². The number of ether oxygens (including phenoxy) is 3. The van der Waals surface area contributed by atoms with Crippen LogP contribution >= 0.6 is 11.8 Å². The molecule has 23 heteroatoms. The highest BCUT2D eigenvalue weighted by Crippen LogP contribution is 2.26. The van der Waals surface area contributed by atoms with Gasteiger partial charge in [0, 0.05) is 24.9 Å². The number of rotatable bonds is 24. The number of aliphatic hydroxyl groups is 2. The number of aliphatic carboxylic acids is 3. The smallest absolute Gasteiger partial charge is 0.326 e. The van der Waals surface area contributed by atoms with Crippen LogP contribution in [-0.4, -0.2) is 159 Å². The van der Waals surface area contributed by atoms with Gasteiger partial charge in [-0.2, -0.15) is 11.8 Å². The topological polar surface area (TPSA) is 352 Å². The molecular weight excluding hydrogens is 780 g/mol. The third-order valence-corrected chi connectivity index (χ3v) is 9.37. The second-order valence-electron chi connectivity index (χ2n) is 12.9. The molecule has 0 saturated carbocycles. The highest BCUT2D eigenvalue weighted by Gasteiger charge is 2.48. The summed E-state index contributed by atoms with van der Waals surface area (Å²) in [6.45, 7) is 2.29. The van der Waals surface area contributed by atoms with Crippen molar-refractivity contribution in [2.24, 2.45) is 5.73 Å². The zero-order chi connectivity index (χ0) is 42.8. The summed E-state index contributed by atoms with van der Waals surface area (Å²) < 4.78 is 17.5. The van der Waals surface area contributed by atoms with Crippen LogP contribution in [0.15, 0.2) is 30.3 Å². The quantitative estimate of drug-likeness (QED) is 0.0477. The van der Waals surface area contributed by atoms with Gasteiger partial charge in [0.05, 0.1) is 13.2 Å². The molecule has 22 nitrogen and oxygen atoms in total. The highest BCUT2D eigenvalue weighted by molar-refractivity contribution is 7.99. The molecule has 1 fully saturated rings. The minimum atomic E-state index is -1.66. The number of aliphatic hydroxyl groups excluding tert-OH is 2. The highest BCUT2D eigenvalue weighted by atomic mass is 32.2. The van der Waals surface area contributed by atoms with Gasteiger partial charge in [0.2, 0.25) is 29.5 Å². The predicted molar refractivity (Wildman–Crippen MR) is 197 cm³/mol. The van der Waals surface area contributed by atoms with Crippen molar-refractivity contribution in [3.05, 3.63) is 35.9 Å². The molecule has 2 rings (SSSR count). The second kappa shape index (κ2) is 24.0. The molecule has 1 saturated heterocycles. The van der Waals surface area contributed by atoms with Crippen LogP contribution in [0.5, 0.6) is 0 Å². The van der Waals surface area contributed by atoms with E-state index >= 15 is 0 Å². The molecule has 12 N–H and O–H groups in total. The van der Waals surface area contributed by atoms with Gasteiger partial charge in [0.25, 0.3) is 0 Å². The molecule has 0 aliphatic carbocycles. The fourth-order valence-electron chi connectivity index (χ4n) is 5.16. The zero-order valence-electron chi connectivity index (χ0n) is 31.3. The first-order valence-corrected chi connectivity index (χ1v) is 18.7. The van der Waals surface area contributed by atoms with Gasteiger partial charge in [-0.25, -0.2) is 4.79 Å². The van der Waals surface area contributed by atoms with Gasteiger partial charge >= 0.3 is 17.9 Å². The monoisotopic (exact) mass is 830 g/mol. The number of benzene rings is 1. The zero-order valence-corrected chi connectivity index (χ0v) is 32.1. The molecule has 5 amide bonds. The van der Waals surface area contributed by atoms with Crippen molar-refractivity contribution in [3.8, 4) is 0 Å². The molecule has 10 atom stereocenters. The van der Waals surface area contributed by atoms with Crippen molar-refractivity contribution < 1.29 is 78.1 Å². The van der Waals surface area contributed by atoms with Crippen molar-refractivity contribution >= 4 is 59.2 Å². The summed E-state index contributed by atoms with van der Waals surface area (Å²) in [6, 6.07) is 2.10. The van der Waals surface area contributed by atoms with E-state index in [0.717, 1.165) is 17.3 Å². The van der Waals surface area contributed by atoms with E-state index in [9.17, 15) is 53.7 Å². The first-order chi connectivity index (χ1) is 26.8. The molecule has 0 radical (unpaired) electrons. The normalized spacial score (nSPS) is 21.7. The van der Waals surface area contributed by atoms with Crippen molar-refractivity contribution in [1.29, 1.82) is 0 Å². The molecular formula is C34H50N6O16S. The first-order valence-electron chi connectivity index (χ1n) is 17.6. The number of carboxylic acid groups (broad SMARTS) is 3. The van der Waals surface area contributed by atoms with Gasteiger partial charge in [-0.15, -0.1) is 0 Å². The Morgan fingerprint density at radius 2 is 1.56 bits per heavy atom. The lowest BCUT2D eigenvalue weighted by atomic mass is 9.96. The molecule has 3 unspecified atom stereocenters. The first kappa shape index (κ1) is 48.2. The van der Waals surface area contributed by atoms with Gasteiger partial charge in [0.15, 0.2) is 6.29 Å². The number of hydrogen-bond donors (Lipinski definition) is 11. The summed E-state index contributed by atoms with van der Waals surface area (Å²) in [6.07, 6.45) is -7.83. The van der Waals surface area contributed by atoms with Crippen molar-refractivity contribution in [2.75, 3.05) is 24.7 Å². The summed E-state index contributed by atoms with van der Waals surface area (Å²) in [4.78, 5) is 97.3. The van der Waals surface area contributed by atoms with E-state index in [0.29, 0.717) is 0 Å². The summed E-state index contributed by atoms with van der Waals surface area (Å²) in [5.41, 5.74) is 6.20. The number of nitrogens with one attached hydrogen (secondary N) is 5. The SMILES string of the molecule is CC(=O)NC1C(O[C@H](C)C(=O)N[C@@H](C)C(=O)N[C@H](CCC(=O)N[C@H](CSC[C@H](N)C(=O)O)C(=O)NCC(=O)O)C(=O)O)[C@H](O)C(CO)O[C@@H]1OCc1ccccc1. The van der Waals surface area contributed by atoms with Gasteiger partial charge < -0.3 is 72.1 Å². The molecule has 1 aliphatic rings. The van der Waals surface area contributed by atoms with Crippen LogP contribution in [0.2, 0.25) is 0 Å². The van der Waals surface area contributed by atoms with E-state index < -0.39 is 134 Å². The van der Waals surface area contributed by atoms with Gasteiger partial charge in [-0.05, 0) is 25.8 Å². The Morgan fingerprint density at radius 3 is 2.14 bits per heavy atom. The summed E-state index contributed by atoms with van der Waals surface area (Å²) in [5.74, 6) is -8.75. The Morgan fingerprint density at radius 1 is 0.895 bits per heavy atom. The van der Waals surface area contributed by atoms with Crippen LogP contribution < -0.4 is 32.3 Å². The molecule has 57 heavy (non-hydrogen) atoms. The third kappa shape index (κ3) is 16.6. The van der Waals surface area contributed by atoms with Crippen molar-refractivity contribution in [1.82, 2.24) is 26.6 Å². The fraction of sp³-hybridized carbons (Fsp3) is 0.588. The van der Waals surface area contributed by atoms with E-state index in [2.05, 4.69) is 26.6 Å². The Bertz CT molecular complexity index is 1560. The minimum Gasteiger partial charge on any atom is -0.480 e. The van der Waals surface area contributed by atoms with E-state index in [1.807, 2.05) is 0 Å². The number of amides is 5. The number of carbonyl (C=O) groups excluding carboxylic acids is 5. The van der Waals surface area contributed by atoms with Crippen molar-refractivity contribution in [2.45, 2.75) is 101 Å². The number of hydrogen-bond acceptors (Lipinski definition) is 15. The Labute approximate surface area is 330 Å². The fourth-order valence-corrected chi connectivity index (χ4v) is 6.16. The van der Waals surface area contributed by atoms with Gasteiger partial charge in [-0.3, -0.25) is 33.6 Å². The van der Waals surface area contributed by atoms with Crippen LogP contribution in [-0.2, 0) is 59.2 Å². The average Bonchev–Trinajstić information content (AvgIpc) is 3.15. The molecule has 1 aromatic rings. The van der Waals surface area contributed by atoms with Gasteiger partial charge in [0.1, 0.15) is 61.2 Å². The third-order valence-electron chi connectivity index (χ3n) is 8.20. The number of carboxylic acids is 3. The van der Waals surface area contributed by atoms with E-state index in [-0.39, 0.29) is 18.1 Å². The lowest BCUT2D eigenvalue weighted by molar-refractivity contribution is -0.283. The van der Waals surface area contributed by atoms with E-state index in [4.69, 9.17) is 30.2 Å². The Hall–Kier alpha value is -4.91. The average molecular weight is 831 g/mol. The van der Waals surface area contributed by atoms with Crippen LogP contribution in [0.4, 0.5) is 0 Å². The molecule has 318 valence electrons. The summed E-state index contributed by atoms with van der Waals surface area (Å²) in [7, 11) is 0. The predicted octanol–water partition coefficient (Wildman–Crippen LogP) is -3.76. The van der Waals surface area contributed by atoms with Crippen LogP contribution in [0.25, 0.3) is 0 Å². The summed E-state index contributed by atoms with van der Waals surface area (Å²) >= 11 is 0.890. The lowest BCUT2D eigenvalue weighted by Gasteiger charge is -2.44. The largest absolute Gasteiger partial charge is 0.480 e. The molecule has 1 aliphatic heterocycles. The second-order valence-corrected chi connectivity index (χ2v) is 13.9. The molecule has 1 aromatic carbocycles. The Balaban J connectivity index is 2.03. The maximum Gasteiger partial charge on any atom is 0.326 e. The van der Waals surface area contributed by atoms with Gasteiger partial charge in [-0.1, -0.05) is 30.3 Å². The molecule has 0 spiro atoms. The van der Waals surface area contributed by atoms with E-state index in [1.165, 1.54) is 20.8 Å². The molecule has 1 heterocycles. The molecule has 0 aromatic heterocycles. The maximum atomic E-state index is 13.2. The maximum absolute atomic E-state index is 13.2.